The van der Waals surface area contributed by atoms with Gasteiger partial charge >= 0.3 is 0 Å². The lowest BCUT2D eigenvalue weighted by atomic mass is 10.2. The lowest BCUT2D eigenvalue weighted by molar-refractivity contribution is -0.385. The van der Waals surface area contributed by atoms with Crippen LogP contribution in [0.15, 0.2) is 40.9 Å². The molecule has 0 bridgehead atoms. The van der Waals surface area contributed by atoms with Crippen LogP contribution in [0, 0.1) is 22.4 Å². The lowest BCUT2D eigenvalue weighted by Crippen LogP contribution is -2.10. The zero-order valence-electron chi connectivity index (χ0n) is 11.1. The third kappa shape index (κ3) is 3.38. The Bertz CT molecular complexity index is 731. The van der Waals surface area contributed by atoms with Crippen molar-refractivity contribution in [3.63, 3.8) is 0 Å². The molecule has 0 fully saturated rings. The minimum atomic E-state index is -0.434. The molecule has 7 heteroatoms. The molecular formula is C14H12BrN3O3. The van der Waals surface area contributed by atoms with Crippen LogP contribution >= 0.6 is 15.9 Å². The number of nitro groups is 1. The number of nitrogen functional groups attached to an aromatic ring is 1. The van der Waals surface area contributed by atoms with Gasteiger partial charge in [0, 0.05) is 17.2 Å². The van der Waals surface area contributed by atoms with Gasteiger partial charge in [0.25, 0.3) is 5.69 Å². The molecule has 108 valence electrons. The zero-order chi connectivity index (χ0) is 15.6. The number of rotatable bonds is 4. The van der Waals surface area contributed by atoms with Crippen molar-refractivity contribution in [2.45, 2.75) is 6.92 Å². The molecule has 0 heterocycles. The summed E-state index contributed by atoms with van der Waals surface area (Å²) in [5.74, 6) is 0.996. The van der Waals surface area contributed by atoms with E-state index >= 15 is 0 Å². The van der Waals surface area contributed by atoms with Gasteiger partial charge in [-0.1, -0.05) is 0 Å². The molecule has 2 rings (SSSR count). The van der Waals surface area contributed by atoms with Crippen LogP contribution in [0.5, 0.6) is 11.5 Å². The lowest BCUT2D eigenvalue weighted by Gasteiger charge is -2.09. The van der Waals surface area contributed by atoms with Crippen molar-refractivity contribution >= 4 is 27.5 Å². The highest BCUT2D eigenvalue weighted by Crippen LogP contribution is 2.32. The SMILES string of the molecule is Cc1cc(Oc2ccc(C(=N)N)cc2Br)ccc1[N+](=O)[O-]. The Morgan fingerprint density at radius 3 is 2.57 bits per heavy atom. The van der Waals surface area contributed by atoms with E-state index in [0.717, 1.165) is 0 Å². The molecule has 0 aliphatic rings. The molecule has 0 aliphatic carbocycles. The summed E-state index contributed by atoms with van der Waals surface area (Å²) in [6, 6.07) is 9.57. The van der Waals surface area contributed by atoms with Crippen LogP contribution in [0.4, 0.5) is 5.69 Å². The number of nitro benzene ring substituents is 1. The quantitative estimate of drug-likeness (QED) is 0.379. The van der Waals surface area contributed by atoms with Crippen molar-refractivity contribution in [2.24, 2.45) is 5.73 Å². The Kier molecular flexibility index (Phi) is 4.23. The van der Waals surface area contributed by atoms with E-state index in [4.69, 9.17) is 15.9 Å². The van der Waals surface area contributed by atoms with Crippen molar-refractivity contribution in [1.82, 2.24) is 0 Å². The molecule has 0 spiro atoms. The first kappa shape index (κ1) is 15.0. The van der Waals surface area contributed by atoms with Crippen LogP contribution in [0.25, 0.3) is 0 Å². The molecule has 0 unspecified atom stereocenters. The maximum absolute atomic E-state index is 10.8. The minimum absolute atomic E-state index is 0.0339. The van der Waals surface area contributed by atoms with Crippen LogP contribution < -0.4 is 10.5 Å². The van der Waals surface area contributed by atoms with Gasteiger partial charge in [-0.3, -0.25) is 15.5 Å². The van der Waals surface area contributed by atoms with Crippen molar-refractivity contribution in [3.05, 3.63) is 62.1 Å². The van der Waals surface area contributed by atoms with Gasteiger partial charge in [-0.15, -0.1) is 0 Å². The number of ether oxygens (including phenoxy) is 1. The van der Waals surface area contributed by atoms with E-state index in [2.05, 4.69) is 15.9 Å². The fourth-order valence-corrected chi connectivity index (χ4v) is 2.23. The Hall–Kier alpha value is -2.41. The van der Waals surface area contributed by atoms with Gasteiger partial charge < -0.3 is 10.5 Å². The van der Waals surface area contributed by atoms with Crippen molar-refractivity contribution in [3.8, 4) is 11.5 Å². The van der Waals surface area contributed by atoms with E-state index in [1.165, 1.54) is 12.1 Å². The molecule has 0 aromatic heterocycles. The Morgan fingerprint density at radius 2 is 2.05 bits per heavy atom. The van der Waals surface area contributed by atoms with E-state index in [1.54, 1.807) is 31.2 Å². The van der Waals surface area contributed by atoms with Crippen molar-refractivity contribution in [2.75, 3.05) is 0 Å². The average molecular weight is 350 g/mol. The molecule has 21 heavy (non-hydrogen) atoms. The summed E-state index contributed by atoms with van der Waals surface area (Å²) in [5.41, 5.74) is 6.56. The number of hydrogen-bond acceptors (Lipinski definition) is 4. The summed E-state index contributed by atoms with van der Waals surface area (Å²) >= 11 is 3.34. The first-order valence-electron chi connectivity index (χ1n) is 5.95. The fourth-order valence-electron chi connectivity index (χ4n) is 1.77. The van der Waals surface area contributed by atoms with Gasteiger partial charge in [-0.05, 0) is 53.2 Å². The summed E-state index contributed by atoms with van der Waals surface area (Å²) in [6.45, 7) is 1.65. The highest BCUT2D eigenvalue weighted by molar-refractivity contribution is 9.10. The molecule has 3 N–H and O–H groups in total. The summed E-state index contributed by atoms with van der Waals surface area (Å²) in [5, 5.41) is 18.1. The van der Waals surface area contributed by atoms with E-state index in [9.17, 15) is 10.1 Å². The molecule has 0 atom stereocenters. The van der Waals surface area contributed by atoms with E-state index in [0.29, 0.717) is 27.1 Å². The molecule has 0 saturated heterocycles. The molecule has 0 radical (unpaired) electrons. The second kappa shape index (κ2) is 5.92. The third-order valence-electron chi connectivity index (χ3n) is 2.84. The minimum Gasteiger partial charge on any atom is -0.456 e. The number of nitrogens with two attached hydrogens (primary N) is 1. The maximum Gasteiger partial charge on any atom is 0.272 e. The maximum atomic E-state index is 10.8. The number of nitrogens with one attached hydrogen (secondary N) is 1. The standard InChI is InChI=1S/C14H12BrN3O3/c1-8-6-10(3-4-12(8)18(19)20)21-13-5-2-9(14(16)17)7-11(13)15/h2-7H,1H3,(H3,16,17). The van der Waals surface area contributed by atoms with E-state index in [1.807, 2.05) is 0 Å². The Labute approximate surface area is 129 Å². The molecule has 6 nitrogen and oxygen atoms in total. The van der Waals surface area contributed by atoms with Crippen molar-refractivity contribution < 1.29 is 9.66 Å². The zero-order valence-corrected chi connectivity index (χ0v) is 12.7. The summed E-state index contributed by atoms with van der Waals surface area (Å²) in [4.78, 5) is 10.3. The van der Waals surface area contributed by atoms with Gasteiger partial charge in [0.2, 0.25) is 0 Å². The number of nitrogens with zero attached hydrogens (tertiary/aromatic N) is 1. The second-order valence-corrected chi connectivity index (χ2v) is 5.22. The number of benzene rings is 2. The van der Waals surface area contributed by atoms with Gasteiger partial charge in [-0.2, -0.15) is 0 Å². The van der Waals surface area contributed by atoms with Gasteiger partial charge in [0.15, 0.2) is 0 Å². The number of halogens is 1. The second-order valence-electron chi connectivity index (χ2n) is 4.37. The largest absolute Gasteiger partial charge is 0.456 e. The first-order valence-corrected chi connectivity index (χ1v) is 6.74. The summed E-state index contributed by atoms with van der Waals surface area (Å²) < 4.78 is 6.32. The average Bonchev–Trinajstić information content (AvgIpc) is 2.40. The van der Waals surface area contributed by atoms with Gasteiger partial charge in [0.1, 0.15) is 17.3 Å². The first-order chi connectivity index (χ1) is 9.88. The van der Waals surface area contributed by atoms with Gasteiger partial charge in [-0.25, -0.2) is 0 Å². The normalized spacial score (nSPS) is 10.2. The Balaban J connectivity index is 2.28. The van der Waals surface area contributed by atoms with Crippen LogP contribution in [0.3, 0.4) is 0 Å². The fraction of sp³-hybridized carbons (Fsp3) is 0.0714. The monoisotopic (exact) mass is 349 g/mol. The van der Waals surface area contributed by atoms with E-state index in [-0.39, 0.29) is 11.5 Å². The van der Waals surface area contributed by atoms with Crippen molar-refractivity contribution in [1.29, 1.82) is 5.41 Å². The molecule has 0 aliphatic heterocycles. The smallest absolute Gasteiger partial charge is 0.272 e. The molecule has 0 amide bonds. The van der Waals surface area contributed by atoms with Crippen LogP contribution in [-0.4, -0.2) is 10.8 Å². The Morgan fingerprint density at radius 1 is 1.33 bits per heavy atom. The predicted octanol–water partition coefficient (Wildman–Crippen LogP) is 3.74. The topological polar surface area (TPSA) is 102 Å². The van der Waals surface area contributed by atoms with Gasteiger partial charge in [0.05, 0.1) is 9.40 Å². The molecule has 2 aromatic carbocycles. The highest BCUT2D eigenvalue weighted by atomic mass is 79.9. The van der Waals surface area contributed by atoms with Crippen LogP contribution in [-0.2, 0) is 0 Å². The van der Waals surface area contributed by atoms with Crippen LogP contribution in [0.1, 0.15) is 11.1 Å². The molecular weight excluding hydrogens is 338 g/mol. The van der Waals surface area contributed by atoms with Crippen LogP contribution in [0.2, 0.25) is 0 Å². The number of hydrogen-bond donors (Lipinski definition) is 2. The summed E-state index contributed by atoms with van der Waals surface area (Å²) in [7, 11) is 0. The predicted molar refractivity (Wildman–Crippen MR) is 83.1 cm³/mol. The number of aryl methyl sites for hydroxylation is 1. The summed E-state index contributed by atoms with van der Waals surface area (Å²) in [6.07, 6.45) is 0. The highest BCUT2D eigenvalue weighted by Gasteiger charge is 2.12. The molecule has 0 saturated carbocycles. The van der Waals surface area contributed by atoms with E-state index < -0.39 is 4.92 Å². The number of amidine groups is 1. The third-order valence-corrected chi connectivity index (χ3v) is 3.46. The molecule has 2 aromatic rings.